The molecule has 37 heavy (non-hydrogen) atoms. The van der Waals surface area contributed by atoms with Gasteiger partial charge >= 0.3 is 6.03 Å². The number of ether oxygens (including phenoxy) is 2. The lowest BCUT2D eigenvalue weighted by molar-refractivity contribution is -0.285. The number of amides is 3. The first-order valence-electron chi connectivity index (χ1n) is 12.7. The number of carbonyl (C=O) groups excluding carboxylic acids is 2. The highest BCUT2D eigenvalue weighted by molar-refractivity contribution is 5.89. The Hall–Kier alpha value is -3.08. The molecule has 2 bridgehead atoms. The molecule has 8 nitrogen and oxygen atoms in total. The second-order valence-corrected chi connectivity index (χ2v) is 10.4. The molecule has 2 N–H and O–H groups in total. The highest BCUT2D eigenvalue weighted by Crippen LogP contribution is 2.56. The SMILES string of the molecule is CNC(=O)Nc1ccc2c(c1)CC[C@@]21OC2OC1N2CC(=O)N(Cc1cccc(F)c1F)[C@@H](C)C1CC1. The summed E-state index contributed by atoms with van der Waals surface area (Å²) in [5.41, 5.74) is 2.27. The summed E-state index contributed by atoms with van der Waals surface area (Å²) in [7, 11) is 1.56. The first-order chi connectivity index (χ1) is 17.8. The van der Waals surface area contributed by atoms with Crippen LogP contribution in [0.4, 0.5) is 19.3 Å². The number of benzene rings is 2. The lowest BCUT2D eigenvalue weighted by Crippen LogP contribution is -2.59. The molecule has 196 valence electrons. The highest BCUT2D eigenvalue weighted by atomic mass is 19.2. The Kier molecular flexibility index (Phi) is 5.93. The topological polar surface area (TPSA) is 83.1 Å². The molecule has 3 amide bonds. The monoisotopic (exact) mass is 512 g/mol. The fourth-order valence-electron chi connectivity index (χ4n) is 5.90. The zero-order valence-corrected chi connectivity index (χ0v) is 20.8. The van der Waals surface area contributed by atoms with Gasteiger partial charge in [0.1, 0.15) is 5.60 Å². The molecular weight excluding hydrogens is 482 g/mol. The van der Waals surface area contributed by atoms with Crippen LogP contribution < -0.4 is 10.6 Å². The molecule has 2 aromatic carbocycles. The van der Waals surface area contributed by atoms with E-state index in [-0.39, 0.29) is 36.6 Å². The van der Waals surface area contributed by atoms with Crippen LogP contribution in [0.2, 0.25) is 0 Å². The highest BCUT2D eigenvalue weighted by Gasteiger charge is 2.66. The Morgan fingerprint density at radius 3 is 2.81 bits per heavy atom. The molecule has 4 fully saturated rings. The van der Waals surface area contributed by atoms with Crippen LogP contribution in [0.3, 0.4) is 0 Å². The number of nitrogens with one attached hydrogen (secondary N) is 2. The first kappa shape index (κ1) is 24.3. The Morgan fingerprint density at radius 1 is 1.24 bits per heavy atom. The van der Waals surface area contributed by atoms with Gasteiger partial charge in [-0.15, -0.1) is 0 Å². The van der Waals surface area contributed by atoms with Gasteiger partial charge in [-0.25, -0.2) is 18.5 Å². The molecule has 3 saturated heterocycles. The van der Waals surface area contributed by atoms with Crippen LogP contribution >= 0.6 is 0 Å². The normalized spacial score (nSPS) is 26.5. The van der Waals surface area contributed by atoms with Crippen LogP contribution in [0, 0.1) is 17.6 Å². The van der Waals surface area contributed by atoms with Crippen molar-refractivity contribution in [3.05, 3.63) is 64.7 Å². The quantitative estimate of drug-likeness (QED) is 0.592. The van der Waals surface area contributed by atoms with E-state index in [4.69, 9.17) is 9.47 Å². The Balaban J connectivity index is 1.19. The third-order valence-electron chi connectivity index (χ3n) is 8.15. The average molecular weight is 513 g/mol. The number of nitrogens with zero attached hydrogens (tertiary/aromatic N) is 2. The van der Waals surface area contributed by atoms with Crippen LogP contribution in [0.5, 0.6) is 0 Å². The molecule has 2 unspecified atom stereocenters. The molecule has 3 heterocycles. The van der Waals surface area contributed by atoms with Gasteiger partial charge in [0.25, 0.3) is 0 Å². The number of anilines is 1. The molecule has 4 atom stereocenters. The van der Waals surface area contributed by atoms with Crippen molar-refractivity contribution in [3.63, 3.8) is 0 Å². The summed E-state index contributed by atoms with van der Waals surface area (Å²) in [4.78, 5) is 28.8. The van der Waals surface area contributed by atoms with Crippen molar-refractivity contribution in [1.29, 1.82) is 0 Å². The van der Waals surface area contributed by atoms with Crippen molar-refractivity contribution in [2.24, 2.45) is 5.92 Å². The summed E-state index contributed by atoms with van der Waals surface area (Å²) in [6.07, 6.45) is 2.46. The number of carbonyl (C=O) groups is 2. The summed E-state index contributed by atoms with van der Waals surface area (Å²) in [6.45, 7) is 2.06. The van der Waals surface area contributed by atoms with Crippen LogP contribution in [-0.2, 0) is 32.8 Å². The van der Waals surface area contributed by atoms with Gasteiger partial charge in [0.05, 0.1) is 6.54 Å². The van der Waals surface area contributed by atoms with Crippen molar-refractivity contribution in [3.8, 4) is 0 Å². The number of hydrogen-bond acceptors (Lipinski definition) is 5. The number of fused-ring (bicyclic) bond motifs is 1. The minimum Gasteiger partial charge on any atom is -0.341 e. The molecular formula is C27H30F2N4O4. The van der Waals surface area contributed by atoms with E-state index in [0.717, 1.165) is 36.5 Å². The smallest absolute Gasteiger partial charge is 0.318 e. The molecule has 2 aromatic rings. The molecule has 7 rings (SSSR count). The predicted octanol–water partition coefficient (Wildman–Crippen LogP) is 3.66. The number of hydrogen-bond donors (Lipinski definition) is 2. The molecule has 0 radical (unpaired) electrons. The standard InChI is InChI=1S/C27H30F2N4O4/c1-15(16-6-7-16)32(13-18-4-3-5-21(28)23(18)29)22(34)14-33-24-27(37-26(33)36-24)11-10-17-12-19(8-9-20(17)27)31-25(35)30-2/h3-5,8-9,12,15-16,24,26H,6-7,10-11,13-14H2,1-2H3,(H2,30,31,35)/t15-,24?,26?,27+/m0/s1. The number of urea groups is 1. The van der Waals surface area contributed by atoms with Gasteiger partial charge in [-0.2, -0.15) is 0 Å². The van der Waals surface area contributed by atoms with E-state index in [9.17, 15) is 18.4 Å². The van der Waals surface area contributed by atoms with E-state index in [1.165, 1.54) is 12.1 Å². The van der Waals surface area contributed by atoms with Gasteiger partial charge in [-0.1, -0.05) is 18.2 Å². The van der Waals surface area contributed by atoms with Crippen molar-refractivity contribution in [2.75, 3.05) is 18.9 Å². The summed E-state index contributed by atoms with van der Waals surface area (Å²) in [5, 5.41) is 5.33. The Bertz CT molecular complexity index is 1250. The fourth-order valence-corrected chi connectivity index (χ4v) is 5.90. The third kappa shape index (κ3) is 4.07. The van der Waals surface area contributed by atoms with Crippen molar-refractivity contribution in [2.45, 2.75) is 63.4 Å². The van der Waals surface area contributed by atoms with Gasteiger partial charge in [0.15, 0.2) is 17.9 Å². The fraction of sp³-hybridized carbons (Fsp3) is 0.481. The van der Waals surface area contributed by atoms with Crippen molar-refractivity contribution < 1.29 is 27.8 Å². The molecule has 10 heteroatoms. The molecule has 1 spiro atoms. The first-order valence-corrected chi connectivity index (χ1v) is 12.7. The van der Waals surface area contributed by atoms with Gasteiger partial charge in [0.2, 0.25) is 12.3 Å². The maximum atomic E-state index is 14.4. The van der Waals surface area contributed by atoms with Gasteiger partial charge in [-0.05, 0) is 67.9 Å². The van der Waals surface area contributed by atoms with Crippen LogP contribution in [0.1, 0.15) is 42.9 Å². The van der Waals surface area contributed by atoms with E-state index >= 15 is 0 Å². The van der Waals surface area contributed by atoms with E-state index < -0.39 is 29.9 Å². The molecule has 0 aromatic heterocycles. The van der Waals surface area contributed by atoms with Crippen LogP contribution in [-0.4, -0.2) is 54.0 Å². The summed E-state index contributed by atoms with van der Waals surface area (Å²) in [6, 6.07) is 9.43. The Labute approximate surface area is 213 Å². The lowest BCUT2D eigenvalue weighted by Gasteiger charge is -2.41. The summed E-state index contributed by atoms with van der Waals surface area (Å²) >= 11 is 0. The molecule has 3 aliphatic heterocycles. The minimum absolute atomic E-state index is 0.0140. The Morgan fingerprint density at radius 2 is 2.05 bits per heavy atom. The van der Waals surface area contributed by atoms with Crippen LogP contribution in [0.25, 0.3) is 0 Å². The van der Waals surface area contributed by atoms with E-state index in [0.29, 0.717) is 18.0 Å². The maximum Gasteiger partial charge on any atom is 0.318 e. The zero-order valence-electron chi connectivity index (χ0n) is 20.8. The van der Waals surface area contributed by atoms with E-state index in [2.05, 4.69) is 10.6 Å². The van der Waals surface area contributed by atoms with E-state index in [1.54, 1.807) is 11.9 Å². The average Bonchev–Trinajstić information content (AvgIpc) is 3.50. The predicted molar refractivity (Wildman–Crippen MR) is 130 cm³/mol. The van der Waals surface area contributed by atoms with Crippen LogP contribution in [0.15, 0.2) is 36.4 Å². The maximum absolute atomic E-state index is 14.4. The van der Waals surface area contributed by atoms with E-state index in [1.807, 2.05) is 30.0 Å². The zero-order chi connectivity index (χ0) is 25.9. The number of halogens is 2. The molecule has 1 saturated carbocycles. The van der Waals surface area contributed by atoms with Crippen molar-refractivity contribution in [1.82, 2.24) is 15.1 Å². The summed E-state index contributed by atoms with van der Waals surface area (Å²) in [5.74, 6) is -1.62. The minimum atomic E-state index is -0.915. The molecule has 2 aliphatic carbocycles. The van der Waals surface area contributed by atoms with Crippen molar-refractivity contribution >= 4 is 17.6 Å². The number of rotatable bonds is 7. The van der Waals surface area contributed by atoms with Gasteiger partial charge < -0.3 is 25.0 Å². The summed E-state index contributed by atoms with van der Waals surface area (Å²) < 4.78 is 40.6. The largest absolute Gasteiger partial charge is 0.341 e. The second kappa shape index (κ2) is 9.04. The van der Waals surface area contributed by atoms with Gasteiger partial charge in [0, 0.05) is 30.9 Å². The molecule has 5 aliphatic rings. The third-order valence-corrected chi connectivity index (χ3v) is 8.15. The second-order valence-electron chi connectivity index (χ2n) is 10.4. The van der Waals surface area contributed by atoms with Gasteiger partial charge in [-0.3, -0.25) is 4.79 Å². The lowest BCUT2D eigenvalue weighted by atomic mass is 9.93. The number of aryl methyl sites for hydroxylation is 1.